The minimum absolute atomic E-state index is 0.0221. The Labute approximate surface area is 82.7 Å². The molecule has 4 heteroatoms. The first-order chi connectivity index (χ1) is 6.77. The fraction of sp³-hybridized carbons (Fsp3) is 0.500. The third kappa shape index (κ3) is 1.80. The van der Waals surface area contributed by atoms with E-state index in [4.69, 9.17) is 10.2 Å². The predicted octanol–water partition coefficient (Wildman–Crippen LogP) is 0.843. The van der Waals surface area contributed by atoms with Gasteiger partial charge in [-0.05, 0) is 18.9 Å². The number of nitrogens with zero attached hydrogens (tertiary/aromatic N) is 1. The summed E-state index contributed by atoms with van der Waals surface area (Å²) in [7, 11) is 0. The number of hydrogen-bond acceptors (Lipinski definition) is 3. The van der Waals surface area contributed by atoms with Crippen LogP contribution >= 0.6 is 0 Å². The molecule has 1 unspecified atom stereocenters. The van der Waals surface area contributed by atoms with E-state index in [0.29, 0.717) is 12.1 Å². The molecule has 0 aromatic carbocycles. The Morgan fingerprint density at radius 1 is 1.64 bits per heavy atom. The zero-order chi connectivity index (χ0) is 9.97. The summed E-state index contributed by atoms with van der Waals surface area (Å²) in [6.45, 7) is 1.46. The maximum Gasteiger partial charge on any atom is 0.257 e. The summed E-state index contributed by atoms with van der Waals surface area (Å²) in [6.07, 6.45) is 4.99. The summed E-state index contributed by atoms with van der Waals surface area (Å²) in [6, 6.07) is 1.81. The van der Waals surface area contributed by atoms with Crippen LogP contribution in [0.3, 0.4) is 0 Å². The van der Waals surface area contributed by atoms with E-state index in [1.54, 1.807) is 11.0 Å². The number of likely N-dealkylation sites (tertiary alicyclic amines) is 1. The summed E-state index contributed by atoms with van der Waals surface area (Å²) in [5, 5.41) is 0. The van der Waals surface area contributed by atoms with Gasteiger partial charge in [-0.15, -0.1) is 0 Å². The average molecular weight is 194 g/mol. The molecule has 1 aromatic rings. The first-order valence-electron chi connectivity index (χ1n) is 4.84. The highest BCUT2D eigenvalue weighted by Crippen LogP contribution is 2.12. The van der Waals surface area contributed by atoms with Gasteiger partial charge >= 0.3 is 0 Å². The predicted molar refractivity (Wildman–Crippen MR) is 51.8 cm³/mol. The number of piperidine rings is 1. The van der Waals surface area contributed by atoms with Crippen LogP contribution in [0.4, 0.5) is 0 Å². The second kappa shape index (κ2) is 3.84. The lowest BCUT2D eigenvalue weighted by molar-refractivity contribution is 0.0708. The molecule has 4 nitrogen and oxygen atoms in total. The van der Waals surface area contributed by atoms with Gasteiger partial charge in [0.1, 0.15) is 6.26 Å². The molecule has 0 saturated carbocycles. The van der Waals surface area contributed by atoms with E-state index in [1.807, 2.05) is 0 Å². The molecule has 2 heterocycles. The Balaban J connectivity index is 2.04. The minimum atomic E-state index is 0.0221. The van der Waals surface area contributed by atoms with Crippen molar-refractivity contribution in [2.75, 3.05) is 13.1 Å². The summed E-state index contributed by atoms with van der Waals surface area (Å²) in [5.74, 6) is 0.0221. The largest absolute Gasteiger partial charge is 0.472 e. The summed E-state index contributed by atoms with van der Waals surface area (Å²) < 4.78 is 4.87. The summed E-state index contributed by atoms with van der Waals surface area (Å²) in [5.41, 5.74) is 6.41. The van der Waals surface area contributed by atoms with Crippen LogP contribution in [0.2, 0.25) is 0 Å². The molecule has 1 saturated heterocycles. The molecule has 1 aliphatic heterocycles. The summed E-state index contributed by atoms with van der Waals surface area (Å²) >= 11 is 0. The molecule has 1 aliphatic rings. The highest BCUT2D eigenvalue weighted by atomic mass is 16.3. The maximum atomic E-state index is 11.8. The molecule has 14 heavy (non-hydrogen) atoms. The van der Waals surface area contributed by atoms with Crippen LogP contribution in [-0.4, -0.2) is 29.9 Å². The molecule has 1 amide bonds. The monoisotopic (exact) mass is 194 g/mol. The molecule has 0 spiro atoms. The van der Waals surface area contributed by atoms with E-state index in [1.165, 1.54) is 12.5 Å². The molecular weight excluding hydrogens is 180 g/mol. The quantitative estimate of drug-likeness (QED) is 0.720. The molecule has 1 fully saturated rings. The molecule has 0 aliphatic carbocycles. The number of rotatable bonds is 1. The van der Waals surface area contributed by atoms with Gasteiger partial charge in [0.05, 0.1) is 11.8 Å². The first-order valence-corrected chi connectivity index (χ1v) is 4.84. The maximum absolute atomic E-state index is 11.8. The van der Waals surface area contributed by atoms with Crippen LogP contribution < -0.4 is 5.73 Å². The lowest BCUT2D eigenvalue weighted by Crippen LogP contribution is -2.45. The van der Waals surface area contributed by atoms with Gasteiger partial charge in [-0.25, -0.2) is 0 Å². The fourth-order valence-corrected chi connectivity index (χ4v) is 1.76. The Morgan fingerprint density at radius 2 is 2.50 bits per heavy atom. The Hall–Kier alpha value is -1.29. The van der Waals surface area contributed by atoms with E-state index in [-0.39, 0.29) is 11.9 Å². The van der Waals surface area contributed by atoms with E-state index in [9.17, 15) is 4.79 Å². The van der Waals surface area contributed by atoms with Gasteiger partial charge in [0.2, 0.25) is 0 Å². The van der Waals surface area contributed by atoms with Gasteiger partial charge in [0.25, 0.3) is 5.91 Å². The van der Waals surface area contributed by atoms with Crippen molar-refractivity contribution in [2.45, 2.75) is 18.9 Å². The van der Waals surface area contributed by atoms with Gasteiger partial charge in [0.15, 0.2) is 0 Å². The third-order valence-electron chi connectivity index (χ3n) is 2.51. The number of hydrogen-bond donors (Lipinski definition) is 1. The third-order valence-corrected chi connectivity index (χ3v) is 2.51. The zero-order valence-electron chi connectivity index (χ0n) is 7.98. The van der Waals surface area contributed by atoms with Crippen LogP contribution in [0, 0.1) is 0 Å². The number of carbonyl (C=O) groups is 1. The van der Waals surface area contributed by atoms with Gasteiger partial charge in [-0.2, -0.15) is 0 Å². The number of carbonyl (C=O) groups excluding carboxylic acids is 1. The fourth-order valence-electron chi connectivity index (χ4n) is 1.76. The van der Waals surface area contributed by atoms with E-state index in [2.05, 4.69) is 0 Å². The number of furan rings is 1. The van der Waals surface area contributed by atoms with E-state index >= 15 is 0 Å². The SMILES string of the molecule is NC1CCCN(C(=O)c2ccoc2)C1. The molecular formula is C10H14N2O2. The van der Waals surface area contributed by atoms with Crippen LogP contribution in [0.25, 0.3) is 0 Å². The van der Waals surface area contributed by atoms with Gasteiger partial charge < -0.3 is 15.1 Å². The van der Waals surface area contributed by atoms with E-state index in [0.717, 1.165) is 19.4 Å². The highest BCUT2D eigenvalue weighted by Gasteiger charge is 2.22. The smallest absolute Gasteiger partial charge is 0.257 e. The van der Waals surface area contributed by atoms with Crippen molar-refractivity contribution in [3.05, 3.63) is 24.2 Å². The van der Waals surface area contributed by atoms with Crippen LogP contribution in [0.15, 0.2) is 23.0 Å². The van der Waals surface area contributed by atoms with Crippen molar-refractivity contribution in [3.63, 3.8) is 0 Å². The van der Waals surface area contributed by atoms with Crippen molar-refractivity contribution < 1.29 is 9.21 Å². The summed E-state index contributed by atoms with van der Waals surface area (Å²) in [4.78, 5) is 13.6. The Kier molecular flexibility index (Phi) is 2.54. The zero-order valence-corrected chi connectivity index (χ0v) is 7.98. The normalized spacial score (nSPS) is 22.4. The van der Waals surface area contributed by atoms with Gasteiger partial charge in [-0.1, -0.05) is 0 Å². The molecule has 1 atom stereocenters. The Bertz CT molecular complexity index is 308. The number of amides is 1. The molecule has 0 radical (unpaired) electrons. The first kappa shape index (κ1) is 9.27. The molecule has 76 valence electrons. The number of nitrogens with two attached hydrogens (primary N) is 1. The van der Waals surface area contributed by atoms with Gasteiger partial charge in [0, 0.05) is 19.1 Å². The van der Waals surface area contributed by atoms with Crippen LogP contribution in [0.1, 0.15) is 23.2 Å². The highest BCUT2D eigenvalue weighted by molar-refractivity contribution is 5.93. The average Bonchev–Trinajstić information content (AvgIpc) is 2.69. The van der Waals surface area contributed by atoms with Gasteiger partial charge in [-0.3, -0.25) is 4.79 Å². The van der Waals surface area contributed by atoms with Crippen LogP contribution in [0.5, 0.6) is 0 Å². The van der Waals surface area contributed by atoms with Crippen molar-refractivity contribution in [1.82, 2.24) is 4.90 Å². The van der Waals surface area contributed by atoms with E-state index < -0.39 is 0 Å². The molecule has 0 bridgehead atoms. The molecule has 2 rings (SSSR count). The van der Waals surface area contributed by atoms with Crippen molar-refractivity contribution in [2.24, 2.45) is 5.73 Å². The second-order valence-corrected chi connectivity index (χ2v) is 3.67. The van der Waals surface area contributed by atoms with Crippen molar-refractivity contribution in [1.29, 1.82) is 0 Å². The molecule has 2 N–H and O–H groups in total. The minimum Gasteiger partial charge on any atom is -0.472 e. The lowest BCUT2D eigenvalue weighted by Gasteiger charge is -2.30. The second-order valence-electron chi connectivity index (χ2n) is 3.67. The van der Waals surface area contributed by atoms with Crippen LogP contribution in [-0.2, 0) is 0 Å². The topological polar surface area (TPSA) is 59.5 Å². The van der Waals surface area contributed by atoms with Crippen molar-refractivity contribution in [3.8, 4) is 0 Å². The standard InChI is InChI=1S/C10H14N2O2/c11-9-2-1-4-12(6-9)10(13)8-3-5-14-7-8/h3,5,7,9H,1-2,4,6,11H2. The Morgan fingerprint density at radius 3 is 3.14 bits per heavy atom. The lowest BCUT2D eigenvalue weighted by atomic mass is 10.1. The molecule has 1 aromatic heterocycles. The van der Waals surface area contributed by atoms with Crippen molar-refractivity contribution >= 4 is 5.91 Å².